The SMILES string of the molecule is CN1[C@@H](CC(C)(C)C)[C@](C#N)(c2ccc(Cl)cc2F)[C@@H](c2cccc(Cl)c2F)[C@@H]1C(=O)Nc1ccc(C(=O)O)c(F)c1.O=C(O)C(F)(F)F. The molecule has 1 amide bonds. The molecule has 1 saturated heterocycles. The van der Waals surface area contributed by atoms with E-state index >= 15 is 8.78 Å². The third-order valence-electron chi connectivity index (χ3n) is 7.92. The zero-order chi connectivity index (χ0) is 37.2. The number of nitrogens with zero attached hydrogens (tertiary/aromatic N) is 2. The predicted molar refractivity (Wildman–Crippen MR) is 168 cm³/mol. The number of anilines is 1. The largest absolute Gasteiger partial charge is 0.490 e. The van der Waals surface area contributed by atoms with Gasteiger partial charge in [-0.25, -0.2) is 22.8 Å². The predicted octanol–water partition coefficient (Wildman–Crippen LogP) is 8.04. The lowest BCUT2D eigenvalue weighted by Gasteiger charge is -2.38. The lowest BCUT2D eigenvalue weighted by Crippen LogP contribution is -2.45. The van der Waals surface area contributed by atoms with E-state index in [0.29, 0.717) is 6.42 Å². The molecule has 1 heterocycles. The number of nitrogens with one attached hydrogen (secondary N) is 1. The van der Waals surface area contributed by atoms with Gasteiger partial charge in [0.1, 0.15) is 22.9 Å². The molecule has 8 nitrogen and oxygen atoms in total. The number of hydrogen-bond acceptors (Lipinski definition) is 5. The van der Waals surface area contributed by atoms with Crippen LogP contribution in [0.5, 0.6) is 0 Å². The first-order chi connectivity index (χ1) is 22.6. The molecular weight excluding hydrogens is 703 g/mol. The Morgan fingerprint density at radius 3 is 2.08 bits per heavy atom. The first-order valence-corrected chi connectivity index (χ1v) is 15.0. The second kappa shape index (κ2) is 14.7. The van der Waals surface area contributed by atoms with Crippen LogP contribution in [-0.2, 0) is 15.0 Å². The Balaban J connectivity index is 0.000000838. The summed E-state index contributed by atoms with van der Waals surface area (Å²) in [5, 5.41) is 29.7. The number of likely N-dealkylation sites (N-methyl/N-ethyl adjacent to an activating group) is 1. The van der Waals surface area contributed by atoms with E-state index in [1.165, 1.54) is 36.4 Å². The van der Waals surface area contributed by atoms with E-state index in [2.05, 4.69) is 11.4 Å². The quantitative estimate of drug-likeness (QED) is 0.219. The van der Waals surface area contributed by atoms with Crippen LogP contribution in [0, 0.1) is 34.2 Å². The van der Waals surface area contributed by atoms with E-state index < -0.39 is 75.9 Å². The zero-order valence-electron chi connectivity index (χ0n) is 26.2. The number of carbonyl (C=O) groups excluding carboxylic acids is 1. The van der Waals surface area contributed by atoms with E-state index in [-0.39, 0.29) is 26.9 Å². The minimum atomic E-state index is -5.08. The molecule has 262 valence electrons. The van der Waals surface area contributed by atoms with Gasteiger partial charge in [-0.2, -0.15) is 18.4 Å². The van der Waals surface area contributed by atoms with E-state index in [0.717, 1.165) is 18.2 Å². The van der Waals surface area contributed by atoms with Crippen molar-refractivity contribution in [2.45, 2.75) is 56.8 Å². The van der Waals surface area contributed by atoms with Crippen molar-refractivity contribution in [3.8, 4) is 6.07 Å². The summed E-state index contributed by atoms with van der Waals surface area (Å²) in [5.41, 5.74) is -3.02. The molecule has 4 rings (SSSR count). The summed E-state index contributed by atoms with van der Waals surface area (Å²) < 4.78 is 77.8. The van der Waals surface area contributed by atoms with Crippen LogP contribution in [0.15, 0.2) is 54.6 Å². The molecule has 1 fully saturated rings. The molecular formula is C33H29Cl2F6N3O5. The van der Waals surface area contributed by atoms with Crippen LogP contribution >= 0.6 is 23.2 Å². The third-order valence-corrected chi connectivity index (χ3v) is 8.45. The van der Waals surface area contributed by atoms with Gasteiger partial charge in [-0.15, -0.1) is 0 Å². The highest BCUT2D eigenvalue weighted by molar-refractivity contribution is 6.31. The van der Waals surface area contributed by atoms with Gasteiger partial charge >= 0.3 is 18.1 Å². The Labute approximate surface area is 286 Å². The van der Waals surface area contributed by atoms with Crippen molar-refractivity contribution in [3.05, 3.63) is 98.8 Å². The van der Waals surface area contributed by atoms with Gasteiger partial charge in [0.05, 0.1) is 22.7 Å². The van der Waals surface area contributed by atoms with Crippen molar-refractivity contribution >= 4 is 46.7 Å². The van der Waals surface area contributed by atoms with E-state index in [1.807, 2.05) is 20.8 Å². The molecule has 3 aromatic carbocycles. The Bertz CT molecular complexity index is 1810. The molecule has 0 aromatic heterocycles. The Morgan fingerprint density at radius 1 is 0.980 bits per heavy atom. The maximum absolute atomic E-state index is 15.8. The summed E-state index contributed by atoms with van der Waals surface area (Å²) in [6.07, 6.45) is -4.79. The summed E-state index contributed by atoms with van der Waals surface area (Å²) in [6, 6.07) is 11.4. The number of carboxylic acid groups (broad SMARTS) is 2. The van der Waals surface area contributed by atoms with Gasteiger partial charge in [-0.1, -0.05) is 62.2 Å². The molecule has 16 heteroatoms. The van der Waals surface area contributed by atoms with Gasteiger partial charge in [0, 0.05) is 28.2 Å². The Morgan fingerprint density at radius 2 is 1.59 bits per heavy atom. The standard InChI is InChI=1S/C31H28Cl2F3N3O3.C2HF3O2/c1-30(2,3)14-24-31(15-37,20-11-8-16(32)12-23(20)35)25(19-6-5-7-21(33)26(19)36)27(39(24)4)28(40)38-17-9-10-18(29(41)42)22(34)13-17;3-2(4,5)1(6)7/h5-13,24-25,27H,14H2,1-4H3,(H,38,40)(H,41,42);(H,6,7)/t24-,25-,27+,31-;/m0./s1. The molecule has 0 aliphatic carbocycles. The summed E-state index contributed by atoms with van der Waals surface area (Å²) >= 11 is 12.2. The molecule has 3 aromatic rings. The van der Waals surface area contributed by atoms with Crippen molar-refractivity contribution in [3.63, 3.8) is 0 Å². The fourth-order valence-corrected chi connectivity index (χ4v) is 6.30. The fraction of sp³-hybridized carbons (Fsp3) is 0.333. The molecule has 4 atom stereocenters. The van der Waals surface area contributed by atoms with E-state index in [1.54, 1.807) is 11.9 Å². The molecule has 0 bridgehead atoms. The van der Waals surface area contributed by atoms with Gasteiger partial charge in [0.25, 0.3) is 0 Å². The number of nitriles is 1. The second-order valence-electron chi connectivity index (χ2n) is 12.4. The highest BCUT2D eigenvalue weighted by Gasteiger charge is 2.63. The number of amides is 1. The van der Waals surface area contributed by atoms with Crippen molar-refractivity contribution in [1.82, 2.24) is 4.90 Å². The molecule has 49 heavy (non-hydrogen) atoms. The molecule has 0 saturated carbocycles. The van der Waals surface area contributed by atoms with Gasteiger partial charge in [-0.3, -0.25) is 9.69 Å². The topological polar surface area (TPSA) is 131 Å². The number of aromatic carboxylic acids is 1. The number of alkyl halides is 3. The highest BCUT2D eigenvalue weighted by atomic mass is 35.5. The van der Waals surface area contributed by atoms with Crippen molar-refractivity contribution in [2.75, 3.05) is 12.4 Å². The van der Waals surface area contributed by atoms with Crippen LogP contribution in [0.4, 0.5) is 32.0 Å². The summed E-state index contributed by atoms with van der Waals surface area (Å²) in [6.45, 7) is 5.78. The Hall–Kier alpha value is -4.32. The summed E-state index contributed by atoms with van der Waals surface area (Å²) in [4.78, 5) is 35.8. The maximum atomic E-state index is 15.8. The van der Waals surface area contributed by atoms with Gasteiger partial charge in [-0.05, 0) is 60.8 Å². The molecule has 1 aliphatic heterocycles. The van der Waals surface area contributed by atoms with Crippen LogP contribution in [0.3, 0.4) is 0 Å². The van der Waals surface area contributed by atoms with Crippen LogP contribution in [0.1, 0.15) is 54.6 Å². The Kier molecular flexibility index (Phi) is 11.7. The van der Waals surface area contributed by atoms with E-state index in [9.17, 15) is 32.4 Å². The molecule has 1 aliphatic rings. The van der Waals surface area contributed by atoms with Crippen molar-refractivity contribution in [2.24, 2.45) is 5.41 Å². The van der Waals surface area contributed by atoms with Crippen molar-refractivity contribution in [1.29, 1.82) is 5.26 Å². The number of carbonyl (C=O) groups is 3. The number of halogens is 8. The number of benzene rings is 3. The first-order valence-electron chi connectivity index (χ1n) is 14.2. The van der Waals surface area contributed by atoms with Crippen LogP contribution in [0.2, 0.25) is 10.0 Å². The minimum absolute atomic E-state index is 0.0549. The summed E-state index contributed by atoms with van der Waals surface area (Å²) in [7, 11) is 1.59. The average molecular weight is 733 g/mol. The first kappa shape index (κ1) is 39.1. The fourth-order valence-electron chi connectivity index (χ4n) is 5.96. The normalized spacial score (nSPS) is 20.9. The molecule has 0 spiro atoms. The van der Waals surface area contributed by atoms with Gasteiger partial charge in [0.2, 0.25) is 5.91 Å². The smallest absolute Gasteiger partial charge is 0.478 e. The third kappa shape index (κ3) is 8.29. The lowest BCUT2D eigenvalue weighted by atomic mass is 9.62. The number of likely N-dealkylation sites (tertiary alicyclic amines) is 1. The number of aliphatic carboxylic acids is 1. The zero-order valence-corrected chi connectivity index (χ0v) is 27.7. The van der Waals surface area contributed by atoms with Crippen LogP contribution < -0.4 is 5.32 Å². The number of hydrogen-bond donors (Lipinski definition) is 3. The minimum Gasteiger partial charge on any atom is -0.478 e. The number of rotatable bonds is 6. The van der Waals surface area contributed by atoms with E-state index in [4.69, 9.17) is 38.2 Å². The maximum Gasteiger partial charge on any atom is 0.490 e. The average Bonchev–Trinajstić information content (AvgIpc) is 3.21. The molecule has 3 N–H and O–H groups in total. The molecule has 0 unspecified atom stereocenters. The van der Waals surface area contributed by atoms with Crippen LogP contribution in [-0.4, -0.2) is 58.3 Å². The molecule has 0 radical (unpaired) electrons. The lowest BCUT2D eigenvalue weighted by molar-refractivity contribution is -0.192. The van der Waals surface area contributed by atoms with Crippen molar-refractivity contribution < 1.29 is 50.9 Å². The van der Waals surface area contributed by atoms with Crippen LogP contribution in [0.25, 0.3) is 0 Å². The highest BCUT2D eigenvalue weighted by Crippen LogP contribution is 2.56. The summed E-state index contributed by atoms with van der Waals surface area (Å²) in [5.74, 6) is -9.00. The second-order valence-corrected chi connectivity index (χ2v) is 13.3. The number of carboxylic acids is 2. The monoisotopic (exact) mass is 731 g/mol. The van der Waals surface area contributed by atoms with Gasteiger partial charge < -0.3 is 15.5 Å². The van der Waals surface area contributed by atoms with Gasteiger partial charge in [0.15, 0.2) is 0 Å².